The Labute approximate surface area is 158 Å². The molecule has 27 heavy (non-hydrogen) atoms. The first-order chi connectivity index (χ1) is 13.3. The lowest BCUT2D eigenvalue weighted by atomic mass is 10.1. The van der Waals surface area contributed by atoms with Crippen LogP contribution in [0.2, 0.25) is 0 Å². The number of carbonyl (C=O) groups excluding carboxylic acids is 1. The molecule has 1 aromatic heterocycles. The molecule has 0 atom stereocenters. The molecule has 0 unspecified atom stereocenters. The van der Waals surface area contributed by atoms with Crippen LogP contribution in [0.1, 0.15) is 10.4 Å². The summed E-state index contributed by atoms with van der Waals surface area (Å²) in [6, 6.07) is 10.8. The van der Waals surface area contributed by atoms with Gasteiger partial charge in [0, 0.05) is 16.5 Å². The maximum Gasteiger partial charge on any atom is 0.257 e. The fourth-order valence-electron chi connectivity index (χ4n) is 2.87. The average molecular weight is 382 g/mol. The minimum absolute atomic E-state index is 0.229. The van der Waals surface area contributed by atoms with Crippen molar-refractivity contribution in [3.8, 4) is 34.3 Å². The third kappa shape index (κ3) is 3.04. The zero-order valence-electron chi connectivity index (χ0n) is 14.1. The molecule has 2 aliphatic rings. The fraction of sp³-hybridized carbons (Fsp3) is 0.158. The fourth-order valence-corrected chi connectivity index (χ4v) is 3.59. The highest BCUT2D eigenvalue weighted by molar-refractivity contribution is 7.14. The first-order valence-electron chi connectivity index (χ1n) is 8.33. The van der Waals surface area contributed by atoms with Crippen LogP contribution in [0.15, 0.2) is 41.8 Å². The number of thiazole rings is 1. The molecule has 5 rings (SSSR count). The molecule has 7 nitrogen and oxygen atoms in total. The zero-order valence-corrected chi connectivity index (χ0v) is 14.9. The van der Waals surface area contributed by atoms with E-state index in [1.807, 2.05) is 23.6 Å². The van der Waals surface area contributed by atoms with Gasteiger partial charge in [-0.25, -0.2) is 4.98 Å². The molecule has 0 saturated carbocycles. The van der Waals surface area contributed by atoms with Crippen molar-refractivity contribution in [3.05, 3.63) is 47.3 Å². The maximum absolute atomic E-state index is 12.5. The van der Waals surface area contributed by atoms with Gasteiger partial charge in [-0.15, -0.1) is 11.3 Å². The largest absolute Gasteiger partial charge is 0.486 e. The van der Waals surface area contributed by atoms with E-state index in [0.717, 1.165) is 17.0 Å². The van der Waals surface area contributed by atoms with E-state index in [0.29, 0.717) is 41.2 Å². The summed E-state index contributed by atoms with van der Waals surface area (Å²) < 4.78 is 21.7. The van der Waals surface area contributed by atoms with E-state index in [9.17, 15) is 4.79 Å². The van der Waals surface area contributed by atoms with Crippen molar-refractivity contribution in [2.45, 2.75) is 0 Å². The summed E-state index contributed by atoms with van der Waals surface area (Å²) in [4.78, 5) is 17.0. The molecule has 0 bridgehead atoms. The minimum atomic E-state index is -0.251. The number of anilines is 1. The van der Waals surface area contributed by atoms with Crippen LogP contribution in [-0.4, -0.2) is 30.9 Å². The highest BCUT2D eigenvalue weighted by Gasteiger charge is 2.17. The smallest absolute Gasteiger partial charge is 0.257 e. The second kappa shape index (κ2) is 6.48. The Bertz CT molecular complexity index is 1030. The second-order valence-electron chi connectivity index (χ2n) is 5.92. The van der Waals surface area contributed by atoms with Crippen LogP contribution in [0.4, 0.5) is 5.13 Å². The van der Waals surface area contributed by atoms with Gasteiger partial charge < -0.3 is 18.9 Å². The van der Waals surface area contributed by atoms with Crippen LogP contribution in [0.5, 0.6) is 23.0 Å². The number of carbonyl (C=O) groups is 1. The topological polar surface area (TPSA) is 78.9 Å². The molecule has 136 valence electrons. The number of fused-ring (bicyclic) bond motifs is 2. The average Bonchev–Trinajstić information content (AvgIpc) is 3.36. The Kier molecular flexibility index (Phi) is 3.83. The number of amides is 1. The molecular formula is C19H14N2O5S. The second-order valence-corrected chi connectivity index (χ2v) is 6.78. The molecule has 0 radical (unpaired) electrons. The van der Waals surface area contributed by atoms with Gasteiger partial charge in [-0.1, -0.05) is 0 Å². The van der Waals surface area contributed by atoms with Crippen LogP contribution in [0.25, 0.3) is 11.3 Å². The predicted molar refractivity (Wildman–Crippen MR) is 99.1 cm³/mol. The quantitative estimate of drug-likeness (QED) is 0.746. The van der Waals surface area contributed by atoms with E-state index < -0.39 is 0 Å². The molecule has 1 amide bonds. The van der Waals surface area contributed by atoms with Gasteiger partial charge in [0.05, 0.1) is 5.69 Å². The molecule has 0 aliphatic carbocycles. The molecule has 3 heterocycles. The van der Waals surface area contributed by atoms with Crippen molar-refractivity contribution in [1.29, 1.82) is 0 Å². The molecule has 0 fully saturated rings. The van der Waals surface area contributed by atoms with E-state index in [-0.39, 0.29) is 12.7 Å². The number of nitrogens with one attached hydrogen (secondary N) is 1. The van der Waals surface area contributed by atoms with Crippen LogP contribution < -0.4 is 24.3 Å². The van der Waals surface area contributed by atoms with Gasteiger partial charge in [-0.2, -0.15) is 0 Å². The third-order valence-electron chi connectivity index (χ3n) is 4.20. The van der Waals surface area contributed by atoms with E-state index >= 15 is 0 Å². The van der Waals surface area contributed by atoms with Gasteiger partial charge in [0.15, 0.2) is 28.1 Å². The van der Waals surface area contributed by atoms with E-state index in [4.69, 9.17) is 18.9 Å². The maximum atomic E-state index is 12.5. The van der Waals surface area contributed by atoms with Gasteiger partial charge in [-0.3, -0.25) is 10.1 Å². The number of ether oxygens (including phenoxy) is 4. The standard InChI is InChI=1S/C19H14N2O5S/c22-18(12-2-4-14-16(8-12)24-6-5-23-14)21-19-20-13(9-27-19)11-1-3-15-17(7-11)26-10-25-15/h1-4,7-9H,5-6,10H2,(H,20,21,22). The highest BCUT2D eigenvalue weighted by atomic mass is 32.1. The molecular weight excluding hydrogens is 368 g/mol. The third-order valence-corrected chi connectivity index (χ3v) is 4.96. The first-order valence-corrected chi connectivity index (χ1v) is 9.21. The number of nitrogens with zero attached hydrogens (tertiary/aromatic N) is 1. The molecule has 0 spiro atoms. The SMILES string of the molecule is O=C(Nc1nc(-c2ccc3c(c2)OCO3)cs1)c1ccc2c(c1)OCCO2. The van der Waals surface area contributed by atoms with Crippen molar-refractivity contribution in [3.63, 3.8) is 0 Å². The van der Waals surface area contributed by atoms with Crippen molar-refractivity contribution in [1.82, 2.24) is 4.98 Å². The summed E-state index contributed by atoms with van der Waals surface area (Å²) >= 11 is 1.36. The summed E-state index contributed by atoms with van der Waals surface area (Å²) in [6.07, 6.45) is 0. The Morgan fingerprint density at radius 1 is 0.926 bits per heavy atom. The molecule has 0 saturated heterocycles. The van der Waals surface area contributed by atoms with Gasteiger partial charge >= 0.3 is 0 Å². The number of benzene rings is 2. The number of rotatable bonds is 3. The van der Waals surface area contributed by atoms with Crippen molar-refractivity contribution < 1.29 is 23.7 Å². The van der Waals surface area contributed by atoms with Gasteiger partial charge in [-0.05, 0) is 36.4 Å². The first kappa shape index (κ1) is 16.0. The number of hydrogen-bond donors (Lipinski definition) is 1. The Morgan fingerprint density at radius 2 is 1.67 bits per heavy atom. The molecule has 8 heteroatoms. The Hall–Kier alpha value is -3.26. The Morgan fingerprint density at radius 3 is 2.59 bits per heavy atom. The lowest BCUT2D eigenvalue weighted by molar-refractivity contribution is 0.102. The van der Waals surface area contributed by atoms with Crippen molar-refractivity contribution in [2.24, 2.45) is 0 Å². The summed E-state index contributed by atoms with van der Waals surface area (Å²) in [5.74, 6) is 2.40. The Balaban J connectivity index is 1.34. The van der Waals surface area contributed by atoms with Crippen LogP contribution in [0.3, 0.4) is 0 Å². The zero-order chi connectivity index (χ0) is 18.2. The summed E-state index contributed by atoms with van der Waals surface area (Å²) in [6.45, 7) is 1.22. The summed E-state index contributed by atoms with van der Waals surface area (Å²) in [5, 5.41) is 5.23. The van der Waals surface area contributed by atoms with E-state index in [2.05, 4.69) is 10.3 Å². The van der Waals surface area contributed by atoms with E-state index in [1.165, 1.54) is 11.3 Å². The normalized spacial score (nSPS) is 14.1. The van der Waals surface area contributed by atoms with Crippen molar-refractivity contribution >= 4 is 22.4 Å². The molecule has 2 aliphatic heterocycles. The van der Waals surface area contributed by atoms with Gasteiger partial charge in [0.2, 0.25) is 6.79 Å². The lowest BCUT2D eigenvalue weighted by Crippen LogP contribution is -2.17. The van der Waals surface area contributed by atoms with Crippen LogP contribution >= 0.6 is 11.3 Å². The highest BCUT2D eigenvalue weighted by Crippen LogP contribution is 2.37. The minimum Gasteiger partial charge on any atom is -0.486 e. The molecule has 1 N–H and O–H groups in total. The van der Waals surface area contributed by atoms with Crippen LogP contribution in [0, 0.1) is 0 Å². The van der Waals surface area contributed by atoms with Crippen molar-refractivity contribution in [2.75, 3.05) is 25.3 Å². The molecule has 3 aromatic rings. The lowest BCUT2D eigenvalue weighted by Gasteiger charge is -2.18. The van der Waals surface area contributed by atoms with E-state index in [1.54, 1.807) is 18.2 Å². The summed E-state index contributed by atoms with van der Waals surface area (Å²) in [7, 11) is 0. The predicted octanol–water partition coefficient (Wildman–Crippen LogP) is 3.56. The monoisotopic (exact) mass is 382 g/mol. The number of hydrogen-bond acceptors (Lipinski definition) is 7. The number of aromatic nitrogens is 1. The van der Waals surface area contributed by atoms with Crippen LogP contribution in [-0.2, 0) is 0 Å². The van der Waals surface area contributed by atoms with Gasteiger partial charge in [0.25, 0.3) is 5.91 Å². The molecule has 2 aromatic carbocycles. The van der Waals surface area contributed by atoms with Gasteiger partial charge in [0.1, 0.15) is 13.2 Å². The summed E-state index contributed by atoms with van der Waals surface area (Å²) in [5.41, 5.74) is 2.14.